The van der Waals surface area contributed by atoms with Gasteiger partial charge in [0.15, 0.2) is 5.65 Å². The minimum absolute atomic E-state index is 0.312. The van der Waals surface area contributed by atoms with Crippen molar-refractivity contribution in [2.75, 3.05) is 11.1 Å². The lowest BCUT2D eigenvalue weighted by Crippen LogP contribution is -2.14. The van der Waals surface area contributed by atoms with Gasteiger partial charge in [-0.2, -0.15) is 0 Å². The van der Waals surface area contributed by atoms with E-state index in [-0.39, 0.29) is 5.91 Å². The summed E-state index contributed by atoms with van der Waals surface area (Å²) in [6.07, 6.45) is 0. The van der Waals surface area contributed by atoms with Crippen LogP contribution >= 0.6 is 0 Å². The average Bonchev–Trinajstić information content (AvgIpc) is 3.04. The van der Waals surface area contributed by atoms with Gasteiger partial charge >= 0.3 is 0 Å². The summed E-state index contributed by atoms with van der Waals surface area (Å²) in [4.78, 5) is 23.1. The molecule has 164 valence electrons. The van der Waals surface area contributed by atoms with Gasteiger partial charge in [-0.05, 0) is 86.3 Å². The lowest BCUT2D eigenvalue weighted by molar-refractivity contribution is 0.102. The Hall–Kier alpha value is -4.19. The number of nitrogen functional groups attached to an aromatic ring is 1. The molecule has 3 aromatic carbocycles. The molecule has 5 aromatic rings. The first-order valence-electron chi connectivity index (χ1n) is 10.9. The smallest absolute Gasteiger partial charge is 0.261 e. The highest BCUT2D eigenvalue weighted by atomic mass is 16.1. The third-order valence-corrected chi connectivity index (χ3v) is 5.95. The molecule has 0 atom stereocenters. The number of amides is 1. The molecule has 0 radical (unpaired) electrons. The highest BCUT2D eigenvalue weighted by molar-refractivity contribution is 6.16. The van der Waals surface area contributed by atoms with Gasteiger partial charge in [-0.1, -0.05) is 24.3 Å². The summed E-state index contributed by atoms with van der Waals surface area (Å²) in [6.45, 7) is 8.12. The number of fused-ring (bicyclic) bond motifs is 2. The number of aryl methyl sites for hydroxylation is 4. The number of carbonyl (C=O) groups is 1. The Balaban J connectivity index is 1.75. The second-order valence-corrected chi connectivity index (χ2v) is 8.58. The lowest BCUT2D eigenvalue weighted by atomic mass is 10.1. The van der Waals surface area contributed by atoms with Crippen LogP contribution < -0.4 is 11.1 Å². The molecule has 33 heavy (non-hydrogen) atoms. The maximum Gasteiger partial charge on any atom is 0.261 e. The first-order chi connectivity index (χ1) is 15.8. The molecule has 0 fully saturated rings. The van der Waals surface area contributed by atoms with Crippen LogP contribution in [0.15, 0.2) is 60.7 Å². The van der Waals surface area contributed by atoms with Gasteiger partial charge < -0.3 is 11.1 Å². The van der Waals surface area contributed by atoms with Crippen molar-refractivity contribution in [3.8, 4) is 5.69 Å². The van der Waals surface area contributed by atoms with E-state index in [2.05, 4.69) is 11.4 Å². The third-order valence-electron chi connectivity index (χ3n) is 5.95. The number of carbonyl (C=O) groups excluding carboxylic acids is 1. The Morgan fingerprint density at radius 2 is 1.52 bits per heavy atom. The van der Waals surface area contributed by atoms with E-state index in [1.807, 2.05) is 86.9 Å². The molecule has 5 rings (SSSR count). The number of rotatable bonds is 3. The van der Waals surface area contributed by atoms with Gasteiger partial charge in [-0.25, -0.2) is 9.97 Å². The number of nitrogens with zero attached hydrogens (tertiary/aromatic N) is 3. The molecule has 6 nitrogen and oxygen atoms in total. The van der Waals surface area contributed by atoms with Crippen molar-refractivity contribution >= 4 is 39.6 Å². The highest BCUT2D eigenvalue weighted by Crippen LogP contribution is 2.32. The second kappa shape index (κ2) is 7.74. The predicted octanol–water partition coefficient (Wildman–Crippen LogP) is 5.64. The zero-order chi connectivity index (χ0) is 23.3. The zero-order valence-electron chi connectivity index (χ0n) is 19.1. The molecule has 0 unspecified atom stereocenters. The van der Waals surface area contributed by atoms with Crippen LogP contribution in [0.1, 0.15) is 32.6 Å². The molecular weight excluding hydrogens is 410 g/mol. The predicted molar refractivity (Wildman–Crippen MR) is 134 cm³/mol. The molecular formula is C27H25N5O. The van der Waals surface area contributed by atoms with Crippen molar-refractivity contribution in [2.24, 2.45) is 0 Å². The summed E-state index contributed by atoms with van der Waals surface area (Å²) in [5, 5.41) is 2.99. The first kappa shape index (κ1) is 20.7. The Kier molecular flexibility index (Phi) is 4.86. The Bertz CT molecular complexity index is 1540. The second-order valence-electron chi connectivity index (χ2n) is 8.58. The molecule has 0 spiro atoms. The molecule has 0 saturated heterocycles. The van der Waals surface area contributed by atoms with Gasteiger partial charge in [0.05, 0.1) is 11.0 Å². The monoisotopic (exact) mass is 435 g/mol. The molecule has 0 bridgehead atoms. The minimum Gasteiger partial charge on any atom is -0.384 e. The van der Waals surface area contributed by atoms with Crippen LogP contribution in [0.2, 0.25) is 0 Å². The van der Waals surface area contributed by atoms with E-state index in [0.29, 0.717) is 33.7 Å². The number of para-hydroxylation sites is 2. The third kappa shape index (κ3) is 3.59. The van der Waals surface area contributed by atoms with Crippen molar-refractivity contribution < 1.29 is 4.79 Å². The number of hydrogen-bond donors (Lipinski definition) is 2. The Morgan fingerprint density at radius 1 is 0.848 bits per heavy atom. The van der Waals surface area contributed by atoms with E-state index in [1.165, 1.54) is 0 Å². The largest absolute Gasteiger partial charge is 0.384 e. The van der Waals surface area contributed by atoms with Gasteiger partial charge in [0, 0.05) is 11.4 Å². The van der Waals surface area contributed by atoms with Gasteiger partial charge in [0.1, 0.15) is 16.9 Å². The molecule has 1 amide bonds. The van der Waals surface area contributed by atoms with E-state index in [4.69, 9.17) is 15.7 Å². The summed E-state index contributed by atoms with van der Waals surface area (Å²) in [6, 6.07) is 19.6. The van der Waals surface area contributed by atoms with Crippen LogP contribution in [0, 0.1) is 27.7 Å². The van der Waals surface area contributed by atoms with Crippen LogP contribution in [0.5, 0.6) is 0 Å². The average molecular weight is 436 g/mol. The lowest BCUT2D eigenvalue weighted by Gasteiger charge is -2.11. The normalized spacial score (nSPS) is 11.3. The number of nitrogens with one attached hydrogen (secondary N) is 1. The summed E-state index contributed by atoms with van der Waals surface area (Å²) in [5.41, 5.74) is 15.5. The van der Waals surface area contributed by atoms with E-state index in [0.717, 1.165) is 33.5 Å². The Morgan fingerprint density at radius 3 is 2.18 bits per heavy atom. The fraction of sp³-hybridized carbons (Fsp3) is 0.148. The summed E-state index contributed by atoms with van der Waals surface area (Å²) in [7, 11) is 0. The maximum absolute atomic E-state index is 13.5. The molecule has 3 N–H and O–H groups in total. The van der Waals surface area contributed by atoms with Gasteiger partial charge in [-0.15, -0.1) is 0 Å². The van der Waals surface area contributed by atoms with Crippen LogP contribution in [-0.4, -0.2) is 20.4 Å². The summed E-state index contributed by atoms with van der Waals surface area (Å²) < 4.78 is 1.82. The van der Waals surface area contributed by atoms with E-state index >= 15 is 0 Å². The van der Waals surface area contributed by atoms with Crippen LogP contribution in [0.25, 0.3) is 27.9 Å². The van der Waals surface area contributed by atoms with Gasteiger partial charge in [0.25, 0.3) is 5.91 Å². The van der Waals surface area contributed by atoms with Crippen molar-refractivity contribution in [2.45, 2.75) is 27.7 Å². The van der Waals surface area contributed by atoms with Gasteiger partial charge in [0.2, 0.25) is 0 Å². The van der Waals surface area contributed by atoms with E-state index in [1.54, 1.807) is 0 Å². The first-order valence-corrected chi connectivity index (χ1v) is 10.9. The van der Waals surface area contributed by atoms with Crippen molar-refractivity contribution in [1.29, 1.82) is 0 Å². The quantitative estimate of drug-likeness (QED) is 0.384. The number of benzene rings is 3. The minimum atomic E-state index is -0.312. The van der Waals surface area contributed by atoms with Crippen LogP contribution in [-0.2, 0) is 0 Å². The van der Waals surface area contributed by atoms with Crippen LogP contribution in [0.4, 0.5) is 11.5 Å². The number of aromatic nitrogens is 3. The zero-order valence-corrected chi connectivity index (χ0v) is 19.1. The molecule has 0 aliphatic heterocycles. The molecule has 6 heteroatoms. The fourth-order valence-corrected chi connectivity index (χ4v) is 4.24. The molecule has 0 aliphatic rings. The van der Waals surface area contributed by atoms with E-state index < -0.39 is 0 Å². The molecule has 0 saturated carbocycles. The topological polar surface area (TPSA) is 85.8 Å². The van der Waals surface area contributed by atoms with Crippen molar-refractivity contribution in [1.82, 2.24) is 14.5 Å². The number of nitrogens with two attached hydrogens (primary N) is 1. The van der Waals surface area contributed by atoms with E-state index in [9.17, 15) is 4.79 Å². The number of anilines is 2. The molecule has 2 aromatic heterocycles. The van der Waals surface area contributed by atoms with Crippen molar-refractivity contribution in [3.05, 3.63) is 88.5 Å². The van der Waals surface area contributed by atoms with Gasteiger partial charge in [-0.3, -0.25) is 9.36 Å². The molecule has 2 heterocycles. The Labute approximate surface area is 192 Å². The van der Waals surface area contributed by atoms with Crippen molar-refractivity contribution in [3.63, 3.8) is 0 Å². The fourth-order valence-electron chi connectivity index (χ4n) is 4.24. The number of hydrogen-bond acceptors (Lipinski definition) is 4. The standard InChI is InChI=1S/C27H25N5O/c1-15-11-16(2)13-20(12-15)32-25(28)23(27(33)29-19-10-9-17(3)18(4)14-19)24-26(32)31-22-8-6-5-7-21(22)30-24/h5-14H,28H2,1-4H3,(H,29,33). The summed E-state index contributed by atoms with van der Waals surface area (Å²) >= 11 is 0. The maximum atomic E-state index is 13.5. The SMILES string of the molecule is Cc1cc(C)cc(-n2c(N)c(C(=O)Nc3ccc(C)c(C)c3)c3nc4ccccc4nc32)c1. The summed E-state index contributed by atoms with van der Waals surface area (Å²) in [5.74, 6) is 0.0000916. The molecule has 0 aliphatic carbocycles. The van der Waals surface area contributed by atoms with Crippen LogP contribution in [0.3, 0.4) is 0 Å². The highest BCUT2D eigenvalue weighted by Gasteiger charge is 2.25.